The topological polar surface area (TPSA) is 60.5 Å². The van der Waals surface area contributed by atoms with Gasteiger partial charge in [-0.2, -0.15) is 13.2 Å². The number of halogens is 3. The first-order valence-corrected chi connectivity index (χ1v) is 8.28. The van der Waals surface area contributed by atoms with E-state index in [4.69, 9.17) is 4.74 Å². The third-order valence-electron chi connectivity index (χ3n) is 3.58. The van der Waals surface area contributed by atoms with Crippen molar-refractivity contribution in [3.63, 3.8) is 0 Å². The number of carbonyl (C=O) groups excluding carboxylic acids is 1. The van der Waals surface area contributed by atoms with Crippen LogP contribution in [0.1, 0.15) is 27.7 Å². The number of aromatic nitrogens is 1. The Morgan fingerprint density at radius 3 is 2.26 bits per heavy atom. The molecule has 0 saturated carbocycles. The van der Waals surface area contributed by atoms with E-state index in [1.54, 1.807) is 12.1 Å². The zero-order valence-electron chi connectivity index (χ0n) is 15.4. The fourth-order valence-electron chi connectivity index (χ4n) is 2.10. The summed E-state index contributed by atoms with van der Waals surface area (Å²) in [5.74, 6) is 0.803. The van der Waals surface area contributed by atoms with Crippen LogP contribution in [0.3, 0.4) is 0 Å². The average Bonchev–Trinajstić information content (AvgIpc) is 2.53. The number of benzene rings is 1. The van der Waals surface area contributed by atoms with E-state index < -0.39 is 17.9 Å². The molecule has 146 valence electrons. The lowest BCUT2D eigenvalue weighted by Crippen LogP contribution is -2.44. The Balaban J connectivity index is 2.10. The lowest BCUT2D eigenvalue weighted by Gasteiger charge is -2.27. The molecule has 8 heteroatoms. The number of alkyl halides is 3. The number of carbonyl (C=O) groups is 1. The van der Waals surface area contributed by atoms with E-state index in [9.17, 15) is 18.0 Å². The molecule has 0 aliphatic carbocycles. The van der Waals surface area contributed by atoms with Crippen LogP contribution in [0, 0.1) is 0 Å². The monoisotopic (exact) mass is 382 g/mol. The molecule has 0 aliphatic heterocycles. The predicted molar refractivity (Wildman–Crippen MR) is 95.7 cm³/mol. The quantitative estimate of drug-likeness (QED) is 0.750. The molecule has 0 aliphatic rings. The lowest BCUT2D eigenvalue weighted by molar-refractivity contribution is -0.242. The van der Waals surface area contributed by atoms with E-state index >= 15 is 0 Å². The summed E-state index contributed by atoms with van der Waals surface area (Å²) in [5, 5.41) is 2.22. The Morgan fingerprint density at radius 2 is 1.70 bits per heavy atom. The Hall–Kier alpha value is -2.77. The maximum atomic E-state index is 12.8. The maximum Gasteiger partial charge on any atom is 0.427 e. The standard InChI is InChI=1S/C19H21F3N2O3/c1-12(2)26-15-7-5-13(6-8-15)14-9-10-23-16(11-14)24-17(25)27-18(3,4)19(20,21)22/h5-12H,1-4H3,(H,23,24,25). The first kappa shape index (κ1) is 20.5. The number of ether oxygens (including phenoxy) is 2. The third-order valence-corrected chi connectivity index (χ3v) is 3.58. The molecule has 0 unspecified atom stereocenters. The van der Waals surface area contributed by atoms with Crippen LogP contribution in [0.4, 0.5) is 23.8 Å². The summed E-state index contributed by atoms with van der Waals surface area (Å²) in [6.07, 6.45) is -4.42. The van der Waals surface area contributed by atoms with Crippen molar-refractivity contribution in [1.82, 2.24) is 4.98 Å². The molecule has 1 heterocycles. The Bertz CT molecular complexity index is 788. The van der Waals surface area contributed by atoms with Crippen molar-refractivity contribution >= 4 is 11.9 Å². The Morgan fingerprint density at radius 1 is 1.07 bits per heavy atom. The summed E-state index contributed by atoms with van der Waals surface area (Å²) in [4.78, 5) is 15.7. The van der Waals surface area contributed by atoms with E-state index in [1.165, 1.54) is 6.20 Å². The lowest BCUT2D eigenvalue weighted by atomic mass is 10.1. The van der Waals surface area contributed by atoms with Crippen molar-refractivity contribution in [2.75, 3.05) is 5.32 Å². The van der Waals surface area contributed by atoms with Gasteiger partial charge in [-0.1, -0.05) is 12.1 Å². The van der Waals surface area contributed by atoms with Crippen molar-refractivity contribution < 1.29 is 27.4 Å². The molecule has 27 heavy (non-hydrogen) atoms. The number of amides is 1. The van der Waals surface area contributed by atoms with Crippen LogP contribution >= 0.6 is 0 Å². The highest BCUT2D eigenvalue weighted by Crippen LogP contribution is 2.33. The zero-order valence-corrected chi connectivity index (χ0v) is 15.4. The molecule has 1 amide bonds. The van der Waals surface area contributed by atoms with Gasteiger partial charge in [0.25, 0.3) is 0 Å². The Labute approximate surface area is 155 Å². The largest absolute Gasteiger partial charge is 0.491 e. The number of nitrogens with one attached hydrogen (secondary N) is 1. The second-order valence-corrected chi connectivity index (χ2v) is 6.64. The van der Waals surface area contributed by atoms with E-state index in [1.807, 2.05) is 38.1 Å². The van der Waals surface area contributed by atoms with Gasteiger partial charge in [0.05, 0.1) is 6.10 Å². The van der Waals surface area contributed by atoms with Gasteiger partial charge in [0.1, 0.15) is 11.6 Å². The first-order chi connectivity index (χ1) is 12.5. The summed E-state index contributed by atoms with van der Waals surface area (Å²) in [6.45, 7) is 5.40. The van der Waals surface area contributed by atoms with Gasteiger partial charge in [-0.25, -0.2) is 9.78 Å². The Kier molecular flexibility index (Phi) is 5.98. The van der Waals surface area contributed by atoms with Gasteiger partial charge in [0, 0.05) is 6.20 Å². The number of rotatable bonds is 5. The van der Waals surface area contributed by atoms with Gasteiger partial charge in [-0.3, -0.25) is 5.32 Å². The van der Waals surface area contributed by atoms with Gasteiger partial charge < -0.3 is 9.47 Å². The van der Waals surface area contributed by atoms with Crippen LogP contribution in [0.15, 0.2) is 42.6 Å². The number of nitrogens with zero attached hydrogens (tertiary/aromatic N) is 1. The molecule has 0 radical (unpaired) electrons. The molecule has 2 aromatic rings. The minimum absolute atomic E-state index is 0.0551. The van der Waals surface area contributed by atoms with Crippen LogP contribution in [0.25, 0.3) is 11.1 Å². The molecule has 1 aromatic carbocycles. The summed E-state index contributed by atoms with van der Waals surface area (Å²) in [7, 11) is 0. The molecule has 0 atom stereocenters. The SMILES string of the molecule is CC(C)Oc1ccc(-c2ccnc(NC(=O)OC(C)(C)C(F)(F)F)c2)cc1. The molecule has 1 N–H and O–H groups in total. The van der Waals surface area contributed by atoms with Gasteiger partial charge in [-0.05, 0) is 63.1 Å². The summed E-state index contributed by atoms with van der Waals surface area (Å²) >= 11 is 0. The number of anilines is 1. The molecule has 5 nitrogen and oxygen atoms in total. The van der Waals surface area contributed by atoms with Crippen LogP contribution in [0.2, 0.25) is 0 Å². The number of pyridine rings is 1. The van der Waals surface area contributed by atoms with E-state index in [2.05, 4.69) is 15.0 Å². The second kappa shape index (κ2) is 7.85. The summed E-state index contributed by atoms with van der Waals surface area (Å²) in [5.41, 5.74) is -1.05. The van der Waals surface area contributed by atoms with Crippen molar-refractivity contribution in [2.45, 2.75) is 45.6 Å². The van der Waals surface area contributed by atoms with Crippen LogP contribution in [0.5, 0.6) is 5.75 Å². The zero-order chi connectivity index (χ0) is 20.2. The van der Waals surface area contributed by atoms with Gasteiger partial charge in [0.2, 0.25) is 5.60 Å². The van der Waals surface area contributed by atoms with Crippen molar-refractivity contribution in [3.8, 4) is 16.9 Å². The highest BCUT2D eigenvalue weighted by molar-refractivity contribution is 5.84. The minimum Gasteiger partial charge on any atom is -0.491 e. The highest BCUT2D eigenvalue weighted by Gasteiger charge is 2.51. The van der Waals surface area contributed by atoms with E-state index in [-0.39, 0.29) is 11.9 Å². The molecule has 0 bridgehead atoms. The van der Waals surface area contributed by atoms with Crippen LogP contribution < -0.4 is 10.1 Å². The molecule has 0 spiro atoms. The predicted octanol–water partition coefficient (Wildman–Crippen LogP) is 5.43. The first-order valence-electron chi connectivity index (χ1n) is 8.28. The summed E-state index contributed by atoms with van der Waals surface area (Å²) in [6, 6.07) is 10.5. The second-order valence-electron chi connectivity index (χ2n) is 6.64. The van der Waals surface area contributed by atoms with Gasteiger partial charge in [-0.15, -0.1) is 0 Å². The van der Waals surface area contributed by atoms with Crippen molar-refractivity contribution in [1.29, 1.82) is 0 Å². The fraction of sp³-hybridized carbons (Fsp3) is 0.368. The third kappa shape index (κ3) is 5.60. The van der Waals surface area contributed by atoms with Crippen molar-refractivity contribution in [3.05, 3.63) is 42.6 Å². The molecule has 1 aromatic heterocycles. The van der Waals surface area contributed by atoms with E-state index in [0.29, 0.717) is 0 Å². The molecule has 0 fully saturated rings. The summed E-state index contributed by atoms with van der Waals surface area (Å²) < 4.78 is 48.4. The molecule has 2 rings (SSSR count). The molecular formula is C19H21F3N2O3. The minimum atomic E-state index is -4.68. The fourth-order valence-corrected chi connectivity index (χ4v) is 2.10. The van der Waals surface area contributed by atoms with Gasteiger partial charge in [0.15, 0.2) is 0 Å². The number of hydrogen-bond donors (Lipinski definition) is 1. The molecular weight excluding hydrogens is 361 g/mol. The average molecular weight is 382 g/mol. The highest BCUT2D eigenvalue weighted by atomic mass is 19.4. The van der Waals surface area contributed by atoms with Crippen molar-refractivity contribution in [2.24, 2.45) is 0 Å². The molecule has 0 saturated heterocycles. The smallest absolute Gasteiger partial charge is 0.427 e. The van der Waals surface area contributed by atoms with Gasteiger partial charge >= 0.3 is 12.3 Å². The van der Waals surface area contributed by atoms with Crippen LogP contribution in [-0.2, 0) is 4.74 Å². The maximum absolute atomic E-state index is 12.8. The van der Waals surface area contributed by atoms with Crippen LogP contribution in [-0.4, -0.2) is 29.0 Å². The normalized spacial score (nSPS) is 12.0. The van der Waals surface area contributed by atoms with E-state index in [0.717, 1.165) is 30.7 Å². The number of hydrogen-bond acceptors (Lipinski definition) is 4.